The van der Waals surface area contributed by atoms with Crippen LogP contribution in [0.5, 0.6) is 0 Å². The van der Waals surface area contributed by atoms with Crippen molar-refractivity contribution in [2.75, 3.05) is 7.11 Å². The molecule has 4 atom stereocenters. The Balaban J connectivity index is 1.97. The average molecular weight is 633 g/mol. The smallest absolute Gasteiger partial charge is 0.408 e. The summed E-state index contributed by atoms with van der Waals surface area (Å²) in [4.78, 5) is 43.9. The van der Waals surface area contributed by atoms with Gasteiger partial charge in [-0.05, 0) is 79.8 Å². The number of carbonyl (C=O) groups excluding carboxylic acids is 2. The lowest BCUT2D eigenvalue weighted by Gasteiger charge is -2.42. The third-order valence-electron chi connectivity index (χ3n) is 7.89. The molecule has 1 aromatic heterocycles. The van der Waals surface area contributed by atoms with Gasteiger partial charge in [-0.25, -0.2) is 9.59 Å². The quantitative estimate of drug-likeness (QED) is 0.201. The molecule has 0 fully saturated rings. The molecule has 248 valence electrons. The van der Waals surface area contributed by atoms with Gasteiger partial charge in [0.25, 0.3) is 0 Å². The Morgan fingerprint density at radius 1 is 0.826 bits per heavy atom. The Morgan fingerprint density at radius 3 is 1.91 bits per heavy atom. The summed E-state index contributed by atoms with van der Waals surface area (Å²) in [7, 11) is 1.23. The molecular formula is C36H48N4O6. The van der Waals surface area contributed by atoms with Crippen LogP contribution >= 0.6 is 0 Å². The molecule has 0 aliphatic rings. The topological polar surface area (TPSA) is 141 Å². The van der Waals surface area contributed by atoms with E-state index < -0.39 is 53.3 Å². The molecule has 0 unspecified atom stereocenters. The monoisotopic (exact) mass is 632 g/mol. The number of hydrogen-bond acceptors (Lipinski definition) is 6. The minimum atomic E-state index is -1.14. The summed E-state index contributed by atoms with van der Waals surface area (Å²) in [5.74, 6) is -0.436. The van der Waals surface area contributed by atoms with E-state index in [1.807, 2.05) is 87.5 Å². The molecule has 4 N–H and O–H groups in total. The second-order valence-electron chi connectivity index (χ2n) is 13.7. The predicted octanol–water partition coefficient (Wildman–Crippen LogP) is 5.69. The number of aliphatic hydroxyl groups excluding tert-OH is 1. The van der Waals surface area contributed by atoms with Crippen LogP contribution in [0.4, 0.5) is 9.59 Å². The standard InChI is InChI=1S/C36H48N4O6/c1-35(2,3)31(39-33(43)46-7)32(42)38-28(21-25-13-15-26(16-14-25)27-17-19-37-20-18-27)23-30(41)29(22-24-11-9-8-10-12-24)40(34(44)45)36(4,5)6/h8-20,28-31,41H,21-23H2,1-7H3,(H,38,42)(H,39,43)(H,44,45)/t28-,29-,30-,31+/m0/s1. The number of pyridine rings is 1. The van der Waals surface area contributed by atoms with Crippen LogP contribution < -0.4 is 10.6 Å². The first kappa shape index (κ1) is 36.0. The lowest BCUT2D eigenvalue weighted by molar-refractivity contribution is -0.126. The molecule has 46 heavy (non-hydrogen) atoms. The molecule has 1 heterocycles. The minimum Gasteiger partial charge on any atom is -0.465 e. The molecular weight excluding hydrogens is 584 g/mol. The van der Waals surface area contributed by atoms with E-state index >= 15 is 0 Å². The van der Waals surface area contributed by atoms with Crippen LogP contribution in [0, 0.1) is 5.41 Å². The highest BCUT2D eigenvalue weighted by atomic mass is 16.5. The van der Waals surface area contributed by atoms with Crippen molar-refractivity contribution in [1.82, 2.24) is 20.5 Å². The van der Waals surface area contributed by atoms with Crippen molar-refractivity contribution < 1.29 is 29.3 Å². The molecule has 3 amide bonds. The third-order valence-corrected chi connectivity index (χ3v) is 7.89. The third kappa shape index (κ3) is 10.3. The van der Waals surface area contributed by atoms with Gasteiger partial charge in [0.1, 0.15) is 6.04 Å². The predicted molar refractivity (Wildman–Crippen MR) is 178 cm³/mol. The fraction of sp³-hybridized carbons (Fsp3) is 0.444. The number of methoxy groups -OCH3 is 1. The van der Waals surface area contributed by atoms with Crippen LogP contribution in [0.1, 0.15) is 59.1 Å². The van der Waals surface area contributed by atoms with Crippen molar-refractivity contribution in [1.29, 1.82) is 0 Å². The second-order valence-corrected chi connectivity index (χ2v) is 13.7. The number of carboxylic acid groups (broad SMARTS) is 1. The van der Waals surface area contributed by atoms with E-state index in [4.69, 9.17) is 4.74 Å². The highest BCUT2D eigenvalue weighted by Crippen LogP contribution is 2.27. The van der Waals surface area contributed by atoms with E-state index in [9.17, 15) is 24.6 Å². The maximum absolute atomic E-state index is 13.8. The SMILES string of the molecule is COC(=O)N[C@H](C(=O)N[C@@H](Cc1ccc(-c2ccncc2)cc1)C[C@H](O)[C@H](Cc1ccccc1)N(C(=O)O)C(C)(C)C)C(C)(C)C. The molecule has 3 rings (SSSR count). The number of amides is 3. The largest absolute Gasteiger partial charge is 0.465 e. The second kappa shape index (κ2) is 15.7. The molecule has 0 spiro atoms. The van der Waals surface area contributed by atoms with Gasteiger partial charge in [-0.1, -0.05) is 75.4 Å². The normalized spacial score (nSPS) is 14.3. The molecule has 0 bridgehead atoms. The number of aliphatic hydroxyl groups is 1. The van der Waals surface area contributed by atoms with Gasteiger partial charge in [-0.15, -0.1) is 0 Å². The zero-order valence-electron chi connectivity index (χ0n) is 27.9. The summed E-state index contributed by atoms with van der Waals surface area (Å²) < 4.78 is 4.77. The van der Waals surface area contributed by atoms with Crippen LogP contribution in [0.3, 0.4) is 0 Å². The van der Waals surface area contributed by atoms with Gasteiger partial charge in [-0.3, -0.25) is 14.7 Å². The van der Waals surface area contributed by atoms with Crippen LogP contribution in [0.2, 0.25) is 0 Å². The lowest BCUT2D eigenvalue weighted by Crippen LogP contribution is -2.59. The maximum Gasteiger partial charge on any atom is 0.408 e. The van der Waals surface area contributed by atoms with Crippen LogP contribution in [-0.2, 0) is 22.4 Å². The summed E-state index contributed by atoms with van der Waals surface area (Å²) in [6, 6.07) is 18.8. The number of nitrogens with one attached hydrogen (secondary N) is 2. The molecule has 0 saturated heterocycles. The summed E-state index contributed by atoms with van der Waals surface area (Å²) in [5.41, 5.74) is 2.35. The van der Waals surface area contributed by atoms with Gasteiger partial charge < -0.3 is 25.6 Å². The first-order valence-corrected chi connectivity index (χ1v) is 15.5. The molecule has 10 nitrogen and oxygen atoms in total. The molecule has 0 aliphatic carbocycles. The maximum atomic E-state index is 13.8. The Morgan fingerprint density at radius 2 is 1.39 bits per heavy atom. The van der Waals surface area contributed by atoms with E-state index in [2.05, 4.69) is 15.6 Å². The summed E-state index contributed by atoms with van der Waals surface area (Å²) >= 11 is 0. The zero-order valence-corrected chi connectivity index (χ0v) is 27.9. The first-order valence-electron chi connectivity index (χ1n) is 15.5. The van der Waals surface area contributed by atoms with Gasteiger partial charge in [-0.2, -0.15) is 0 Å². The average Bonchev–Trinajstić information content (AvgIpc) is 2.99. The Kier molecular flexibility index (Phi) is 12.3. The summed E-state index contributed by atoms with van der Waals surface area (Å²) in [5, 5.41) is 27.8. The Hall–Kier alpha value is -4.44. The molecule has 0 saturated carbocycles. The van der Waals surface area contributed by atoms with Gasteiger partial charge >= 0.3 is 12.2 Å². The van der Waals surface area contributed by atoms with E-state index in [0.717, 1.165) is 22.3 Å². The van der Waals surface area contributed by atoms with Crippen molar-refractivity contribution in [3.05, 3.63) is 90.3 Å². The minimum absolute atomic E-state index is 0.0598. The van der Waals surface area contributed by atoms with E-state index in [1.54, 1.807) is 33.2 Å². The van der Waals surface area contributed by atoms with Crippen molar-refractivity contribution in [2.45, 2.75) is 90.6 Å². The lowest BCUT2D eigenvalue weighted by atomic mass is 9.85. The van der Waals surface area contributed by atoms with Gasteiger partial charge in [0.2, 0.25) is 5.91 Å². The van der Waals surface area contributed by atoms with Crippen molar-refractivity contribution >= 4 is 18.1 Å². The summed E-state index contributed by atoms with van der Waals surface area (Å²) in [6.07, 6.45) is 1.14. The van der Waals surface area contributed by atoms with Crippen LogP contribution in [0.25, 0.3) is 11.1 Å². The molecule has 0 aliphatic heterocycles. The van der Waals surface area contributed by atoms with Gasteiger partial charge in [0, 0.05) is 24.0 Å². The van der Waals surface area contributed by atoms with Crippen molar-refractivity contribution in [3.63, 3.8) is 0 Å². The highest BCUT2D eigenvalue weighted by Gasteiger charge is 2.39. The van der Waals surface area contributed by atoms with Gasteiger partial charge in [0.05, 0.1) is 19.3 Å². The molecule has 10 heteroatoms. The van der Waals surface area contributed by atoms with E-state index in [1.165, 1.54) is 12.0 Å². The first-order chi connectivity index (χ1) is 21.6. The Labute approximate surface area is 272 Å². The number of benzene rings is 2. The number of alkyl carbamates (subject to hydrolysis) is 1. The molecule has 3 aromatic rings. The van der Waals surface area contributed by atoms with E-state index in [0.29, 0.717) is 6.42 Å². The molecule has 2 aromatic carbocycles. The fourth-order valence-corrected chi connectivity index (χ4v) is 5.62. The zero-order chi connectivity index (χ0) is 34.1. The van der Waals surface area contributed by atoms with Gasteiger partial charge in [0.15, 0.2) is 0 Å². The summed E-state index contributed by atoms with van der Waals surface area (Å²) in [6.45, 7) is 10.9. The number of nitrogens with zero attached hydrogens (tertiary/aromatic N) is 2. The number of ether oxygens (including phenoxy) is 1. The number of carbonyl (C=O) groups is 3. The highest BCUT2D eigenvalue weighted by molar-refractivity contribution is 5.86. The molecule has 0 radical (unpaired) electrons. The fourth-order valence-electron chi connectivity index (χ4n) is 5.62. The number of aromatic nitrogens is 1. The Bertz CT molecular complexity index is 1420. The van der Waals surface area contributed by atoms with Crippen LogP contribution in [-0.4, -0.2) is 75.1 Å². The number of rotatable bonds is 12. The van der Waals surface area contributed by atoms with E-state index in [-0.39, 0.29) is 12.8 Å². The number of hydrogen-bond donors (Lipinski definition) is 4. The van der Waals surface area contributed by atoms with Crippen molar-refractivity contribution in [2.24, 2.45) is 5.41 Å². The van der Waals surface area contributed by atoms with Crippen LogP contribution in [0.15, 0.2) is 79.1 Å². The van der Waals surface area contributed by atoms with Crippen molar-refractivity contribution in [3.8, 4) is 11.1 Å².